The van der Waals surface area contributed by atoms with E-state index in [1.165, 1.54) is 28.6 Å². The van der Waals surface area contributed by atoms with Crippen LogP contribution in [0, 0.1) is 0 Å². The third-order valence-corrected chi connectivity index (χ3v) is 3.41. The lowest BCUT2D eigenvalue weighted by Crippen LogP contribution is -1.82. The maximum Gasteiger partial charge on any atom is 0.0184 e. The highest BCUT2D eigenvalue weighted by atomic mass is 79.9. The van der Waals surface area contributed by atoms with Crippen LogP contribution in [0.25, 0.3) is 0 Å². The first-order valence-corrected chi connectivity index (χ1v) is 6.60. The number of rotatable bonds is 5. The Hall–Kier alpha value is 0.0500. The Morgan fingerprint density at radius 3 is 2.92 bits per heavy atom. The molecular weight excluding hydrogens is 244 g/mol. The normalized spacial score (nSPS) is 10.3. The zero-order chi connectivity index (χ0) is 9.52. The number of hydrogen-bond donors (Lipinski definition) is 0. The SMILES string of the molecule is CCCCSCc1cccc(Br)c1. The molecule has 1 aromatic rings. The fourth-order valence-corrected chi connectivity index (χ4v) is 2.56. The van der Waals surface area contributed by atoms with Crippen molar-refractivity contribution in [2.75, 3.05) is 5.75 Å². The molecule has 0 aliphatic heterocycles. The molecule has 0 heterocycles. The summed E-state index contributed by atoms with van der Waals surface area (Å²) in [6.07, 6.45) is 2.63. The van der Waals surface area contributed by atoms with E-state index >= 15 is 0 Å². The Balaban J connectivity index is 2.28. The molecule has 0 saturated carbocycles. The van der Waals surface area contributed by atoms with Gasteiger partial charge >= 0.3 is 0 Å². The summed E-state index contributed by atoms with van der Waals surface area (Å²) in [5, 5.41) is 0. The van der Waals surface area contributed by atoms with E-state index in [1.807, 2.05) is 11.8 Å². The molecule has 0 nitrogen and oxygen atoms in total. The summed E-state index contributed by atoms with van der Waals surface area (Å²) in [5.41, 5.74) is 1.41. The molecule has 0 bridgehead atoms. The summed E-state index contributed by atoms with van der Waals surface area (Å²) >= 11 is 5.49. The Kier molecular flexibility index (Phi) is 5.56. The number of hydrogen-bond acceptors (Lipinski definition) is 1. The molecule has 0 aliphatic carbocycles. The topological polar surface area (TPSA) is 0 Å². The Morgan fingerprint density at radius 2 is 2.23 bits per heavy atom. The van der Waals surface area contributed by atoms with Crippen LogP contribution in [0.3, 0.4) is 0 Å². The summed E-state index contributed by atoms with van der Waals surface area (Å²) in [5.74, 6) is 2.42. The average Bonchev–Trinajstić information content (AvgIpc) is 2.13. The fourth-order valence-electron chi connectivity index (χ4n) is 1.06. The van der Waals surface area contributed by atoms with Crippen molar-refractivity contribution < 1.29 is 0 Å². The average molecular weight is 259 g/mol. The van der Waals surface area contributed by atoms with Crippen LogP contribution in [-0.4, -0.2) is 5.75 Å². The second-order valence-corrected chi connectivity index (χ2v) is 5.06. The van der Waals surface area contributed by atoms with Gasteiger partial charge in [-0.3, -0.25) is 0 Å². The molecule has 1 rings (SSSR count). The molecule has 0 atom stereocenters. The van der Waals surface area contributed by atoms with Gasteiger partial charge in [0.2, 0.25) is 0 Å². The van der Waals surface area contributed by atoms with Gasteiger partial charge in [-0.05, 0) is 29.9 Å². The third kappa shape index (κ3) is 4.72. The van der Waals surface area contributed by atoms with Crippen molar-refractivity contribution in [1.29, 1.82) is 0 Å². The van der Waals surface area contributed by atoms with Gasteiger partial charge in [-0.1, -0.05) is 41.4 Å². The van der Waals surface area contributed by atoms with Gasteiger partial charge in [0.1, 0.15) is 0 Å². The lowest BCUT2D eigenvalue weighted by molar-refractivity contribution is 0.896. The molecule has 0 saturated heterocycles. The third-order valence-electron chi connectivity index (χ3n) is 1.80. The monoisotopic (exact) mass is 258 g/mol. The van der Waals surface area contributed by atoms with Crippen LogP contribution in [-0.2, 0) is 5.75 Å². The molecule has 0 aliphatic rings. The van der Waals surface area contributed by atoms with Gasteiger partial charge in [-0.25, -0.2) is 0 Å². The van der Waals surface area contributed by atoms with Crippen LogP contribution in [0.1, 0.15) is 25.3 Å². The second-order valence-electron chi connectivity index (χ2n) is 3.04. The lowest BCUT2D eigenvalue weighted by Gasteiger charge is -2.01. The van der Waals surface area contributed by atoms with E-state index in [-0.39, 0.29) is 0 Å². The second kappa shape index (κ2) is 6.50. The molecule has 13 heavy (non-hydrogen) atoms. The highest BCUT2D eigenvalue weighted by molar-refractivity contribution is 9.10. The van der Waals surface area contributed by atoms with Gasteiger partial charge in [-0.15, -0.1) is 0 Å². The molecule has 0 aromatic heterocycles. The van der Waals surface area contributed by atoms with E-state index in [0.717, 1.165) is 5.75 Å². The number of unbranched alkanes of at least 4 members (excludes halogenated alkanes) is 1. The van der Waals surface area contributed by atoms with E-state index < -0.39 is 0 Å². The van der Waals surface area contributed by atoms with Gasteiger partial charge in [0.25, 0.3) is 0 Å². The molecule has 1 aromatic carbocycles. The van der Waals surface area contributed by atoms with Crippen LogP contribution in [0.4, 0.5) is 0 Å². The summed E-state index contributed by atoms with van der Waals surface area (Å²) in [7, 11) is 0. The van der Waals surface area contributed by atoms with Crippen molar-refractivity contribution in [1.82, 2.24) is 0 Å². The van der Waals surface area contributed by atoms with Crippen molar-refractivity contribution in [2.24, 2.45) is 0 Å². The van der Waals surface area contributed by atoms with E-state index in [1.54, 1.807) is 0 Å². The molecule has 2 heteroatoms. The van der Waals surface area contributed by atoms with Crippen LogP contribution in [0.5, 0.6) is 0 Å². The van der Waals surface area contributed by atoms with E-state index in [2.05, 4.69) is 47.1 Å². The zero-order valence-electron chi connectivity index (χ0n) is 7.92. The Morgan fingerprint density at radius 1 is 1.38 bits per heavy atom. The summed E-state index contributed by atoms with van der Waals surface area (Å²) < 4.78 is 1.18. The lowest BCUT2D eigenvalue weighted by atomic mass is 10.2. The highest BCUT2D eigenvalue weighted by Gasteiger charge is 1.93. The van der Waals surface area contributed by atoms with Gasteiger partial charge < -0.3 is 0 Å². The fraction of sp³-hybridized carbons (Fsp3) is 0.455. The van der Waals surface area contributed by atoms with Gasteiger partial charge in [0, 0.05) is 10.2 Å². The molecule has 0 amide bonds. The van der Waals surface area contributed by atoms with Crippen LogP contribution in [0.2, 0.25) is 0 Å². The van der Waals surface area contributed by atoms with Crippen LogP contribution < -0.4 is 0 Å². The molecule has 0 radical (unpaired) electrons. The largest absolute Gasteiger partial charge is 0.157 e. The summed E-state index contributed by atoms with van der Waals surface area (Å²) in [4.78, 5) is 0. The van der Waals surface area contributed by atoms with Crippen molar-refractivity contribution in [3.63, 3.8) is 0 Å². The predicted molar refractivity (Wildman–Crippen MR) is 65.2 cm³/mol. The standard InChI is InChI=1S/C11H15BrS/c1-2-3-7-13-9-10-5-4-6-11(12)8-10/h4-6,8H,2-3,7,9H2,1H3. The summed E-state index contributed by atoms with van der Waals surface area (Å²) in [6.45, 7) is 2.24. The van der Waals surface area contributed by atoms with Crippen molar-refractivity contribution in [2.45, 2.75) is 25.5 Å². The number of halogens is 1. The van der Waals surface area contributed by atoms with Crippen molar-refractivity contribution in [3.8, 4) is 0 Å². The van der Waals surface area contributed by atoms with Crippen LogP contribution in [0.15, 0.2) is 28.7 Å². The zero-order valence-corrected chi connectivity index (χ0v) is 10.3. The maximum atomic E-state index is 3.48. The van der Waals surface area contributed by atoms with E-state index in [4.69, 9.17) is 0 Å². The minimum absolute atomic E-state index is 1.14. The first kappa shape index (κ1) is 11.1. The van der Waals surface area contributed by atoms with Crippen LogP contribution >= 0.6 is 27.7 Å². The molecule has 0 spiro atoms. The minimum Gasteiger partial charge on any atom is -0.157 e. The van der Waals surface area contributed by atoms with Gasteiger partial charge in [0.15, 0.2) is 0 Å². The van der Waals surface area contributed by atoms with E-state index in [0.29, 0.717) is 0 Å². The first-order valence-electron chi connectivity index (χ1n) is 4.65. The smallest absolute Gasteiger partial charge is 0.0184 e. The molecular formula is C11H15BrS. The van der Waals surface area contributed by atoms with Crippen molar-refractivity contribution in [3.05, 3.63) is 34.3 Å². The van der Waals surface area contributed by atoms with Gasteiger partial charge in [0.05, 0.1) is 0 Å². The molecule has 0 unspecified atom stereocenters. The quantitative estimate of drug-likeness (QED) is 0.702. The Labute approximate surface area is 93.2 Å². The molecule has 72 valence electrons. The molecule has 0 fully saturated rings. The Bertz CT molecular complexity index is 248. The highest BCUT2D eigenvalue weighted by Crippen LogP contribution is 2.17. The van der Waals surface area contributed by atoms with E-state index in [9.17, 15) is 0 Å². The summed E-state index contributed by atoms with van der Waals surface area (Å²) in [6, 6.07) is 8.54. The molecule has 0 N–H and O–H groups in total. The number of benzene rings is 1. The predicted octanol–water partition coefficient (Wildman–Crippen LogP) is 4.48. The number of thioether (sulfide) groups is 1. The van der Waals surface area contributed by atoms with Crippen molar-refractivity contribution >= 4 is 27.7 Å². The maximum absolute atomic E-state index is 3.48. The minimum atomic E-state index is 1.14. The first-order chi connectivity index (χ1) is 6.33. The van der Waals surface area contributed by atoms with Gasteiger partial charge in [-0.2, -0.15) is 11.8 Å².